The molecule has 100 valence electrons. The van der Waals surface area contributed by atoms with Gasteiger partial charge in [0, 0.05) is 11.9 Å². The van der Waals surface area contributed by atoms with E-state index in [0.717, 1.165) is 29.2 Å². The molecule has 1 fully saturated rings. The molecule has 0 saturated carbocycles. The number of anilines is 2. The van der Waals surface area contributed by atoms with Crippen LogP contribution in [0.5, 0.6) is 0 Å². The lowest BCUT2D eigenvalue weighted by Gasteiger charge is -2.13. The Morgan fingerprint density at radius 3 is 3.00 bits per heavy atom. The number of hydrogen-bond acceptors (Lipinski definition) is 6. The molecule has 1 atom stereocenters. The molecule has 2 heterocycles. The van der Waals surface area contributed by atoms with E-state index in [1.165, 1.54) is 17.9 Å². The van der Waals surface area contributed by atoms with Crippen molar-refractivity contribution in [3.63, 3.8) is 0 Å². The zero-order valence-electron chi connectivity index (χ0n) is 10.6. The molecule has 0 spiro atoms. The molecule has 1 aromatic carbocycles. The summed E-state index contributed by atoms with van der Waals surface area (Å²) in [5, 5.41) is 4.48. The number of nitrogen functional groups attached to an aromatic ring is 1. The summed E-state index contributed by atoms with van der Waals surface area (Å²) in [6.45, 7) is 0.956. The number of nitrogens with one attached hydrogen (secondary N) is 2. The maximum atomic E-state index is 5.42. The van der Waals surface area contributed by atoms with E-state index >= 15 is 0 Å². The second-order valence-electron chi connectivity index (χ2n) is 4.67. The van der Waals surface area contributed by atoms with E-state index in [2.05, 4.69) is 20.7 Å². The number of hydrogen-bond donors (Lipinski definition) is 3. The van der Waals surface area contributed by atoms with Gasteiger partial charge in [0.25, 0.3) is 0 Å². The molecule has 0 amide bonds. The van der Waals surface area contributed by atoms with Crippen LogP contribution < -0.4 is 16.6 Å². The maximum absolute atomic E-state index is 5.42. The van der Waals surface area contributed by atoms with Crippen molar-refractivity contribution in [1.82, 2.24) is 9.97 Å². The van der Waals surface area contributed by atoms with Crippen LogP contribution in [0, 0.1) is 5.92 Å². The van der Waals surface area contributed by atoms with Crippen LogP contribution in [0.15, 0.2) is 24.3 Å². The number of para-hydroxylation sites is 1. The third-order valence-electron chi connectivity index (χ3n) is 3.31. The fourth-order valence-electron chi connectivity index (χ4n) is 2.26. The van der Waals surface area contributed by atoms with Gasteiger partial charge in [-0.25, -0.2) is 10.8 Å². The molecule has 1 aromatic heterocycles. The van der Waals surface area contributed by atoms with Gasteiger partial charge in [-0.1, -0.05) is 12.1 Å². The first kappa shape index (κ1) is 12.5. The van der Waals surface area contributed by atoms with Crippen molar-refractivity contribution in [2.45, 2.75) is 6.42 Å². The number of thioether (sulfide) groups is 1. The number of benzene rings is 1. The van der Waals surface area contributed by atoms with Gasteiger partial charge in [-0.15, -0.1) is 0 Å². The number of aromatic nitrogens is 2. The maximum Gasteiger partial charge on any atom is 0.239 e. The molecule has 3 rings (SSSR count). The van der Waals surface area contributed by atoms with E-state index in [4.69, 9.17) is 5.84 Å². The molecule has 0 radical (unpaired) electrons. The summed E-state index contributed by atoms with van der Waals surface area (Å²) in [6, 6.07) is 7.96. The van der Waals surface area contributed by atoms with Gasteiger partial charge in [-0.2, -0.15) is 16.7 Å². The van der Waals surface area contributed by atoms with Gasteiger partial charge in [0.15, 0.2) is 0 Å². The van der Waals surface area contributed by atoms with Gasteiger partial charge in [-0.05, 0) is 36.0 Å². The van der Waals surface area contributed by atoms with Gasteiger partial charge in [-0.3, -0.25) is 5.43 Å². The highest BCUT2D eigenvalue weighted by Crippen LogP contribution is 2.25. The first-order chi connectivity index (χ1) is 9.36. The van der Waals surface area contributed by atoms with Gasteiger partial charge >= 0.3 is 0 Å². The fraction of sp³-hybridized carbons (Fsp3) is 0.385. The smallest absolute Gasteiger partial charge is 0.239 e. The Kier molecular flexibility index (Phi) is 3.70. The van der Waals surface area contributed by atoms with Gasteiger partial charge in [0.05, 0.1) is 5.52 Å². The normalized spacial score (nSPS) is 18.7. The number of fused-ring (bicyclic) bond motifs is 1. The lowest BCUT2D eigenvalue weighted by atomic mass is 10.1. The Bertz CT molecular complexity index is 568. The van der Waals surface area contributed by atoms with Crippen LogP contribution in [0.25, 0.3) is 10.9 Å². The van der Waals surface area contributed by atoms with Crippen LogP contribution in [0.4, 0.5) is 11.8 Å². The minimum Gasteiger partial charge on any atom is -0.369 e. The van der Waals surface area contributed by atoms with Crippen LogP contribution in [0.2, 0.25) is 0 Å². The van der Waals surface area contributed by atoms with E-state index in [-0.39, 0.29) is 0 Å². The van der Waals surface area contributed by atoms with Crippen LogP contribution in [0.3, 0.4) is 0 Å². The molecule has 19 heavy (non-hydrogen) atoms. The highest BCUT2D eigenvalue weighted by Gasteiger charge is 2.16. The van der Waals surface area contributed by atoms with Gasteiger partial charge in [0.2, 0.25) is 5.95 Å². The van der Waals surface area contributed by atoms with Crippen LogP contribution in [0.1, 0.15) is 6.42 Å². The monoisotopic (exact) mass is 275 g/mol. The topological polar surface area (TPSA) is 75.9 Å². The Morgan fingerprint density at radius 2 is 2.21 bits per heavy atom. The van der Waals surface area contributed by atoms with Crippen molar-refractivity contribution in [2.75, 3.05) is 28.8 Å². The fourth-order valence-corrected chi connectivity index (χ4v) is 3.55. The zero-order valence-corrected chi connectivity index (χ0v) is 11.4. The van der Waals surface area contributed by atoms with Crippen LogP contribution in [-0.4, -0.2) is 28.0 Å². The third kappa shape index (κ3) is 2.74. The first-order valence-corrected chi connectivity index (χ1v) is 7.57. The number of nitrogens with two attached hydrogens (primary N) is 1. The Hall–Kier alpha value is -1.53. The Morgan fingerprint density at radius 1 is 1.32 bits per heavy atom. The zero-order chi connectivity index (χ0) is 13.1. The molecule has 1 aliphatic rings. The molecule has 1 aliphatic heterocycles. The van der Waals surface area contributed by atoms with Crippen molar-refractivity contribution in [3.8, 4) is 0 Å². The minimum atomic E-state index is 0.446. The Balaban J connectivity index is 1.87. The van der Waals surface area contributed by atoms with E-state index < -0.39 is 0 Å². The quantitative estimate of drug-likeness (QED) is 0.586. The second kappa shape index (κ2) is 5.63. The lowest BCUT2D eigenvalue weighted by molar-refractivity contribution is 0.631. The van der Waals surface area contributed by atoms with E-state index in [1.807, 2.05) is 36.0 Å². The minimum absolute atomic E-state index is 0.446. The van der Waals surface area contributed by atoms with E-state index in [9.17, 15) is 0 Å². The molecule has 1 unspecified atom stereocenters. The van der Waals surface area contributed by atoms with Crippen molar-refractivity contribution in [1.29, 1.82) is 0 Å². The largest absolute Gasteiger partial charge is 0.369 e. The van der Waals surface area contributed by atoms with E-state index in [0.29, 0.717) is 5.95 Å². The SMILES string of the molecule is NNc1nc(NCC2CCSC2)c2ccccc2n1. The summed E-state index contributed by atoms with van der Waals surface area (Å²) in [5.74, 6) is 9.96. The number of rotatable bonds is 4. The summed E-state index contributed by atoms with van der Waals surface area (Å²) in [6.07, 6.45) is 1.28. The number of nitrogens with zero attached hydrogens (tertiary/aromatic N) is 2. The summed E-state index contributed by atoms with van der Waals surface area (Å²) >= 11 is 2.02. The van der Waals surface area contributed by atoms with Crippen molar-refractivity contribution < 1.29 is 0 Å². The predicted octanol–water partition coefficient (Wildman–Crippen LogP) is 2.08. The molecule has 5 nitrogen and oxygen atoms in total. The summed E-state index contributed by atoms with van der Waals surface area (Å²) in [5.41, 5.74) is 3.42. The second-order valence-corrected chi connectivity index (χ2v) is 5.82. The van der Waals surface area contributed by atoms with Gasteiger partial charge in [0.1, 0.15) is 5.82 Å². The molecule has 0 bridgehead atoms. The standard InChI is InChI=1S/C13H17N5S/c14-18-13-16-11-4-2-1-3-10(11)12(17-13)15-7-9-5-6-19-8-9/h1-4,9H,5-8,14H2,(H2,15,16,17,18). The summed E-state index contributed by atoms with van der Waals surface area (Å²) in [7, 11) is 0. The highest BCUT2D eigenvalue weighted by atomic mass is 32.2. The summed E-state index contributed by atoms with van der Waals surface area (Å²) < 4.78 is 0. The molecular formula is C13H17N5S. The number of hydrazine groups is 1. The lowest BCUT2D eigenvalue weighted by Crippen LogP contribution is -2.16. The molecule has 0 aliphatic carbocycles. The molecule has 2 aromatic rings. The van der Waals surface area contributed by atoms with E-state index in [1.54, 1.807) is 0 Å². The third-order valence-corrected chi connectivity index (χ3v) is 4.55. The van der Waals surface area contributed by atoms with Crippen molar-refractivity contribution in [2.24, 2.45) is 11.8 Å². The predicted molar refractivity (Wildman–Crippen MR) is 81.3 cm³/mol. The average Bonchev–Trinajstić information content (AvgIpc) is 2.97. The van der Waals surface area contributed by atoms with Crippen LogP contribution >= 0.6 is 11.8 Å². The van der Waals surface area contributed by atoms with Crippen LogP contribution in [-0.2, 0) is 0 Å². The molecule has 1 saturated heterocycles. The molecule has 6 heteroatoms. The van der Waals surface area contributed by atoms with Crippen molar-refractivity contribution in [3.05, 3.63) is 24.3 Å². The summed E-state index contributed by atoms with van der Waals surface area (Å²) in [4.78, 5) is 8.76. The van der Waals surface area contributed by atoms with Gasteiger partial charge < -0.3 is 5.32 Å². The molecular weight excluding hydrogens is 258 g/mol. The Labute approximate surface area is 116 Å². The molecule has 4 N–H and O–H groups in total. The first-order valence-electron chi connectivity index (χ1n) is 6.42. The highest BCUT2D eigenvalue weighted by molar-refractivity contribution is 7.99. The average molecular weight is 275 g/mol. The van der Waals surface area contributed by atoms with Crippen molar-refractivity contribution >= 4 is 34.4 Å².